The minimum Gasteiger partial charge on any atom is -0.461 e. The van der Waals surface area contributed by atoms with Gasteiger partial charge in [0.2, 0.25) is 0 Å². The molecule has 0 spiro atoms. The second kappa shape index (κ2) is 9.32. The lowest BCUT2D eigenvalue weighted by Crippen LogP contribution is -2.39. The number of hydrogen-bond donors (Lipinski definition) is 1. The van der Waals surface area contributed by atoms with Gasteiger partial charge in [-0.1, -0.05) is 24.3 Å². The molecule has 33 heavy (non-hydrogen) atoms. The number of nitrogens with one attached hydrogen (secondary N) is 1. The number of ether oxygens (including phenoxy) is 2. The minimum absolute atomic E-state index is 0.000984. The molecule has 0 bridgehead atoms. The summed E-state index contributed by atoms with van der Waals surface area (Å²) >= 11 is 0. The molecule has 2 aromatic rings. The third-order valence-corrected chi connectivity index (χ3v) is 6.67. The summed E-state index contributed by atoms with van der Waals surface area (Å²) in [6.07, 6.45) is -4.35. The molecule has 1 unspecified atom stereocenters. The number of aromatic nitrogens is 2. The fraction of sp³-hybridized carbons (Fsp3) is 0.450. The molecule has 2 fully saturated rings. The number of phosphoric acid groups is 1. The SMILES string of the molecule is CC(=O)OCc1ccccc1COP1(=O)OC[C@@H]2O[C@H](n3cc(C)c(=O)[nH]c3=O)[C@H](F)[C@H]2O1. The maximum absolute atomic E-state index is 15.2. The maximum Gasteiger partial charge on any atom is 0.475 e. The number of benzene rings is 1. The van der Waals surface area contributed by atoms with Gasteiger partial charge in [-0.3, -0.25) is 32.7 Å². The topological polar surface area (TPSA) is 135 Å². The van der Waals surface area contributed by atoms with Gasteiger partial charge in [0.25, 0.3) is 5.56 Å². The number of fused-ring (bicyclic) bond motifs is 1. The van der Waals surface area contributed by atoms with Gasteiger partial charge in [0.05, 0.1) is 13.2 Å². The first-order valence-corrected chi connectivity index (χ1v) is 11.5. The normalized spacial score (nSPS) is 28.9. The lowest BCUT2D eigenvalue weighted by Gasteiger charge is -2.30. The molecule has 2 saturated heterocycles. The van der Waals surface area contributed by atoms with E-state index < -0.39 is 49.6 Å². The average molecular weight is 484 g/mol. The van der Waals surface area contributed by atoms with Gasteiger partial charge in [0.1, 0.15) is 18.8 Å². The highest BCUT2D eigenvalue weighted by atomic mass is 31.2. The zero-order chi connectivity index (χ0) is 23.8. The predicted molar refractivity (Wildman–Crippen MR) is 110 cm³/mol. The van der Waals surface area contributed by atoms with Crippen molar-refractivity contribution in [1.29, 1.82) is 0 Å². The van der Waals surface area contributed by atoms with Crippen LogP contribution in [0.4, 0.5) is 4.39 Å². The number of aromatic amines is 1. The number of nitrogens with zero attached hydrogens (tertiary/aromatic N) is 1. The number of H-pyrrole nitrogens is 1. The van der Waals surface area contributed by atoms with Crippen molar-refractivity contribution in [2.75, 3.05) is 6.61 Å². The standard InChI is InChI=1S/C20H22FN2O9P/c1-11-7-23(20(26)22-18(11)25)19-16(21)17-15(31-19)10-30-33(27,32-17)29-9-14-6-4-3-5-13(14)8-28-12(2)24/h3-7,15-17,19H,8-10H2,1-2H3,(H,22,25,26)/t15-,16+,17-,19-,33?/m0/s1. The smallest absolute Gasteiger partial charge is 0.461 e. The van der Waals surface area contributed by atoms with E-state index in [4.69, 9.17) is 23.0 Å². The first-order chi connectivity index (χ1) is 15.7. The lowest BCUT2D eigenvalue weighted by atomic mass is 10.1. The van der Waals surface area contributed by atoms with Crippen LogP contribution in [-0.4, -0.2) is 40.5 Å². The van der Waals surface area contributed by atoms with Crippen LogP contribution in [0.15, 0.2) is 40.1 Å². The van der Waals surface area contributed by atoms with Crippen molar-refractivity contribution < 1.29 is 36.8 Å². The van der Waals surface area contributed by atoms with Crippen LogP contribution >= 0.6 is 7.82 Å². The molecule has 2 aliphatic rings. The van der Waals surface area contributed by atoms with Crippen LogP contribution in [0.2, 0.25) is 0 Å². The van der Waals surface area contributed by atoms with E-state index in [1.807, 2.05) is 0 Å². The van der Waals surface area contributed by atoms with Gasteiger partial charge in [0, 0.05) is 18.7 Å². The van der Waals surface area contributed by atoms with Crippen molar-refractivity contribution in [3.63, 3.8) is 0 Å². The maximum atomic E-state index is 15.2. The summed E-state index contributed by atoms with van der Waals surface area (Å²) in [5.41, 5.74) is -0.0282. The van der Waals surface area contributed by atoms with Crippen LogP contribution in [0.25, 0.3) is 0 Å². The molecule has 4 rings (SSSR count). The number of phosphoric ester groups is 1. The Hall–Kier alpha value is -2.63. The quantitative estimate of drug-likeness (QED) is 0.482. The van der Waals surface area contributed by atoms with E-state index in [0.717, 1.165) is 4.57 Å². The van der Waals surface area contributed by atoms with Crippen LogP contribution in [0.5, 0.6) is 0 Å². The number of rotatable bonds is 6. The highest BCUT2D eigenvalue weighted by molar-refractivity contribution is 7.48. The second-order valence-corrected chi connectivity index (χ2v) is 9.25. The van der Waals surface area contributed by atoms with Crippen LogP contribution in [0.3, 0.4) is 0 Å². The number of alkyl halides is 1. The third-order valence-electron chi connectivity index (χ3n) is 5.26. The van der Waals surface area contributed by atoms with Gasteiger partial charge < -0.3 is 9.47 Å². The van der Waals surface area contributed by atoms with Crippen molar-refractivity contribution in [3.8, 4) is 0 Å². The molecule has 11 nitrogen and oxygen atoms in total. The van der Waals surface area contributed by atoms with Crippen LogP contribution in [0, 0.1) is 6.92 Å². The molecule has 1 aromatic carbocycles. The van der Waals surface area contributed by atoms with Gasteiger partial charge in [-0.25, -0.2) is 13.8 Å². The molecule has 1 N–H and O–H groups in total. The number of carbonyl (C=O) groups excluding carboxylic acids is 1. The Labute approximate surface area is 187 Å². The fourth-order valence-corrected chi connectivity index (χ4v) is 4.91. The Bertz CT molecular complexity index is 1210. The molecule has 0 amide bonds. The largest absolute Gasteiger partial charge is 0.475 e. The van der Waals surface area contributed by atoms with Gasteiger partial charge in [0.15, 0.2) is 12.4 Å². The van der Waals surface area contributed by atoms with E-state index in [-0.39, 0.29) is 25.4 Å². The molecule has 3 heterocycles. The van der Waals surface area contributed by atoms with E-state index in [1.54, 1.807) is 24.3 Å². The number of aryl methyl sites for hydroxylation is 1. The molecule has 1 aromatic heterocycles. The molecule has 13 heteroatoms. The van der Waals surface area contributed by atoms with Gasteiger partial charge in [-0.15, -0.1) is 0 Å². The third kappa shape index (κ3) is 4.99. The predicted octanol–water partition coefficient (Wildman–Crippen LogP) is 1.88. The zero-order valence-electron chi connectivity index (χ0n) is 17.8. The van der Waals surface area contributed by atoms with Crippen molar-refractivity contribution >= 4 is 13.8 Å². The van der Waals surface area contributed by atoms with Crippen molar-refractivity contribution in [3.05, 3.63) is 68.0 Å². The lowest BCUT2D eigenvalue weighted by molar-refractivity contribution is -0.142. The van der Waals surface area contributed by atoms with Gasteiger partial charge >= 0.3 is 19.5 Å². The molecule has 5 atom stereocenters. The molecule has 178 valence electrons. The summed E-state index contributed by atoms with van der Waals surface area (Å²) < 4.78 is 55.6. The summed E-state index contributed by atoms with van der Waals surface area (Å²) in [4.78, 5) is 36.9. The van der Waals surface area contributed by atoms with E-state index in [2.05, 4.69) is 4.98 Å². The average Bonchev–Trinajstić information content (AvgIpc) is 3.09. The Morgan fingerprint density at radius 1 is 1.27 bits per heavy atom. The number of carbonyl (C=O) groups is 1. The molecular weight excluding hydrogens is 462 g/mol. The molecule has 0 aliphatic carbocycles. The van der Waals surface area contributed by atoms with Gasteiger partial charge in [-0.2, -0.15) is 0 Å². The van der Waals surface area contributed by atoms with E-state index in [1.165, 1.54) is 20.0 Å². The van der Waals surface area contributed by atoms with Crippen molar-refractivity contribution in [1.82, 2.24) is 9.55 Å². The van der Waals surface area contributed by atoms with Crippen LogP contribution in [-0.2, 0) is 45.6 Å². The summed E-state index contributed by atoms with van der Waals surface area (Å²) in [6.45, 7) is 2.26. The monoisotopic (exact) mass is 484 g/mol. The number of hydrogen-bond acceptors (Lipinski definition) is 9. The molecule has 0 radical (unpaired) electrons. The van der Waals surface area contributed by atoms with Crippen LogP contribution in [0.1, 0.15) is 29.8 Å². The highest BCUT2D eigenvalue weighted by Crippen LogP contribution is 2.57. The van der Waals surface area contributed by atoms with E-state index >= 15 is 4.39 Å². The summed E-state index contributed by atoms with van der Waals surface area (Å²) in [5.74, 6) is -0.454. The molecule has 0 saturated carbocycles. The van der Waals surface area contributed by atoms with Crippen molar-refractivity contribution in [2.45, 2.75) is 51.7 Å². The van der Waals surface area contributed by atoms with E-state index in [0.29, 0.717) is 11.1 Å². The molecular formula is C20H22FN2O9P. The summed E-state index contributed by atoms with van der Waals surface area (Å²) in [7, 11) is -4.16. The van der Waals surface area contributed by atoms with Crippen molar-refractivity contribution in [2.24, 2.45) is 0 Å². The second-order valence-electron chi connectivity index (χ2n) is 7.62. The highest BCUT2D eigenvalue weighted by Gasteiger charge is 2.54. The fourth-order valence-electron chi connectivity index (χ4n) is 3.53. The first kappa shape index (κ1) is 23.5. The first-order valence-electron chi connectivity index (χ1n) is 10.1. The number of halogens is 1. The molecule has 2 aliphatic heterocycles. The van der Waals surface area contributed by atoms with E-state index in [9.17, 15) is 18.9 Å². The Balaban J connectivity index is 1.46. The zero-order valence-corrected chi connectivity index (χ0v) is 18.7. The van der Waals surface area contributed by atoms with Crippen LogP contribution < -0.4 is 11.2 Å². The Morgan fingerprint density at radius 2 is 1.97 bits per heavy atom. The van der Waals surface area contributed by atoms with Gasteiger partial charge in [-0.05, 0) is 18.1 Å². The minimum atomic E-state index is -4.16. The Kier molecular flexibility index (Phi) is 6.64. The summed E-state index contributed by atoms with van der Waals surface area (Å²) in [5, 5.41) is 0. The Morgan fingerprint density at radius 3 is 2.67 bits per heavy atom. The summed E-state index contributed by atoms with van der Waals surface area (Å²) in [6, 6.07) is 6.87. The number of esters is 1.